The van der Waals surface area contributed by atoms with E-state index in [-0.39, 0.29) is 23.8 Å². The summed E-state index contributed by atoms with van der Waals surface area (Å²) in [5.41, 5.74) is 0.630. The van der Waals surface area contributed by atoms with Gasteiger partial charge in [0.2, 0.25) is 10.0 Å². The summed E-state index contributed by atoms with van der Waals surface area (Å²) in [5.74, 6) is -0.594. The van der Waals surface area contributed by atoms with E-state index in [9.17, 15) is 17.6 Å². The molecule has 0 aliphatic rings. The van der Waals surface area contributed by atoms with Crippen molar-refractivity contribution in [1.82, 2.24) is 10.0 Å². The number of nitrogens with one attached hydrogen (secondary N) is 2. The Hall–Kier alpha value is -2.45. The first-order valence-electron chi connectivity index (χ1n) is 7.08. The van der Waals surface area contributed by atoms with Gasteiger partial charge in [0.25, 0.3) is 5.91 Å². The van der Waals surface area contributed by atoms with Crippen LogP contribution in [0.2, 0.25) is 0 Å². The van der Waals surface area contributed by atoms with Gasteiger partial charge < -0.3 is 10.1 Å². The largest absolute Gasteiger partial charge is 0.484 e. The van der Waals surface area contributed by atoms with Gasteiger partial charge in [-0.3, -0.25) is 4.79 Å². The number of hydrogen-bond acceptors (Lipinski definition) is 4. The highest BCUT2D eigenvalue weighted by Crippen LogP contribution is 2.12. The zero-order valence-electron chi connectivity index (χ0n) is 13.0. The third-order valence-corrected chi connectivity index (χ3v) is 4.55. The van der Waals surface area contributed by atoms with Gasteiger partial charge in [0.1, 0.15) is 11.6 Å². The summed E-state index contributed by atoms with van der Waals surface area (Å²) in [7, 11) is -2.21. The Kier molecular flexibility index (Phi) is 5.88. The van der Waals surface area contributed by atoms with Crippen molar-refractivity contribution < 1.29 is 22.3 Å². The van der Waals surface area contributed by atoms with Crippen molar-refractivity contribution in [2.75, 3.05) is 13.7 Å². The summed E-state index contributed by atoms with van der Waals surface area (Å²) in [6.45, 7) is -0.115. The molecule has 0 spiro atoms. The number of benzene rings is 2. The second kappa shape index (κ2) is 7.89. The second-order valence-electron chi connectivity index (χ2n) is 4.88. The van der Waals surface area contributed by atoms with Crippen molar-refractivity contribution in [3.8, 4) is 5.75 Å². The Balaban J connectivity index is 1.89. The molecule has 0 aliphatic heterocycles. The fraction of sp³-hybridized carbons (Fsp3) is 0.188. The molecule has 6 nitrogen and oxygen atoms in total. The molecule has 2 N–H and O–H groups in total. The molecule has 0 atom stereocenters. The fourth-order valence-corrected chi connectivity index (χ4v) is 2.70. The number of sulfonamides is 1. The summed E-state index contributed by atoms with van der Waals surface area (Å²) in [6, 6.07) is 11.7. The van der Waals surface area contributed by atoms with Crippen molar-refractivity contribution in [1.29, 1.82) is 0 Å². The summed E-state index contributed by atoms with van der Waals surface area (Å²) in [6.07, 6.45) is 0. The molecule has 0 heterocycles. The van der Waals surface area contributed by atoms with Crippen molar-refractivity contribution >= 4 is 15.9 Å². The average molecular weight is 352 g/mol. The molecule has 0 fully saturated rings. The van der Waals surface area contributed by atoms with Crippen LogP contribution in [0.25, 0.3) is 0 Å². The van der Waals surface area contributed by atoms with Gasteiger partial charge >= 0.3 is 0 Å². The number of halogens is 1. The molecule has 0 aliphatic carbocycles. The number of amides is 1. The summed E-state index contributed by atoms with van der Waals surface area (Å²) in [4.78, 5) is 11.9. The predicted molar refractivity (Wildman–Crippen MR) is 86.4 cm³/mol. The van der Waals surface area contributed by atoms with Gasteiger partial charge in [-0.25, -0.2) is 17.5 Å². The topological polar surface area (TPSA) is 84.5 Å². The maximum Gasteiger partial charge on any atom is 0.258 e. The van der Waals surface area contributed by atoms with Crippen LogP contribution in [-0.2, 0) is 21.4 Å². The van der Waals surface area contributed by atoms with Crippen molar-refractivity contribution in [3.63, 3.8) is 0 Å². The van der Waals surface area contributed by atoms with Gasteiger partial charge in [0, 0.05) is 12.6 Å². The minimum atomic E-state index is -3.53. The normalized spacial score (nSPS) is 11.1. The van der Waals surface area contributed by atoms with Crippen LogP contribution in [0.1, 0.15) is 5.56 Å². The number of carbonyl (C=O) groups is 1. The van der Waals surface area contributed by atoms with E-state index in [1.165, 1.54) is 37.4 Å². The first-order valence-corrected chi connectivity index (χ1v) is 8.56. The van der Waals surface area contributed by atoms with E-state index in [0.29, 0.717) is 5.56 Å². The van der Waals surface area contributed by atoms with Gasteiger partial charge in [0.15, 0.2) is 6.61 Å². The zero-order valence-corrected chi connectivity index (χ0v) is 13.8. The van der Waals surface area contributed by atoms with Crippen LogP contribution in [0.15, 0.2) is 53.4 Å². The van der Waals surface area contributed by atoms with Gasteiger partial charge in [0.05, 0.1) is 4.90 Å². The average Bonchev–Trinajstić information content (AvgIpc) is 2.58. The lowest BCUT2D eigenvalue weighted by molar-refractivity contribution is -0.123. The Morgan fingerprint density at radius 3 is 2.62 bits per heavy atom. The standard InChI is InChI=1S/C16H17FN2O4S/c1-18-24(21,22)15-7-2-4-12(8-15)10-19-16(20)11-23-14-6-3-5-13(17)9-14/h2-9,18H,10-11H2,1H3,(H,19,20). The van der Waals surface area contributed by atoms with E-state index in [1.54, 1.807) is 18.2 Å². The van der Waals surface area contributed by atoms with Gasteiger partial charge in [-0.2, -0.15) is 0 Å². The Morgan fingerprint density at radius 2 is 1.92 bits per heavy atom. The molecular formula is C16H17FN2O4S. The smallest absolute Gasteiger partial charge is 0.258 e. The van der Waals surface area contributed by atoms with Crippen LogP contribution < -0.4 is 14.8 Å². The Labute approximate surface area is 139 Å². The number of rotatable bonds is 7. The summed E-state index contributed by atoms with van der Waals surface area (Å²) < 4.78 is 43.8. The van der Waals surface area contributed by atoms with Crippen LogP contribution in [-0.4, -0.2) is 28.0 Å². The SMILES string of the molecule is CNS(=O)(=O)c1cccc(CNC(=O)COc2cccc(F)c2)c1. The molecule has 2 aromatic rings. The third kappa shape index (κ3) is 5.04. The predicted octanol–water partition coefficient (Wildman–Crippen LogP) is 1.43. The first kappa shape index (κ1) is 17.9. The number of carbonyl (C=O) groups excluding carboxylic acids is 1. The highest BCUT2D eigenvalue weighted by molar-refractivity contribution is 7.89. The molecule has 128 valence electrons. The van der Waals surface area contributed by atoms with E-state index in [0.717, 1.165) is 0 Å². The monoisotopic (exact) mass is 352 g/mol. The zero-order chi connectivity index (χ0) is 17.6. The van der Waals surface area contributed by atoms with Crippen LogP contribution in [0, 0.1) is 5.82 Å². The molecule has 2 aromatic carbocycles. The van der Waals surface area contributed by atoms with Crippen molar-refractivity contribution in [2.45, 2.75) is 11.4 Å². The molecule has 0 saturated heterocycles. The molecule has 0 unspecified atom stereocenters. The van der Waals surface area contributed by atoms with E-state index in [2.05, 4.69) is 10.0 Å². The maximum atomic E-state index is 13.0. The van der Waals surface area contributed by atoms with E-state index in [4.69, 9.17) is 4.74 Å². The van der Waals surface area contributed by atoms with Crippen molar-refractivity contribution in [2.24, 2.45) is 0 Å². The lowest BCUT2D eigenvalue weighted by Crippen LogP contribution is -2.28. The van der Waals surface area contributed by atoms with E-state index >= 15 is 0 Å². The molecule has 2 rings (SSSR count). The molecule has 0 radical (unpaired) electrons. The molecule has 0 bridgehead atoms. The molecule has 1 amide bonds. The number of ether oxygens (including phenoxy) is 1. The van der Waals surface area contributed by atoms with Gasteiger partial charge in [-0.05, 0) is 36.9 Å². The maximum absolute atomic E-state index is 13.0. The minimum Gasteiger partial charge on any atom is -0.484 e. The quantitative estimate of drug-likeness (QED) is 0.789. The molecular weight excluding hydrogens is 335 g/mol. The number of hydrogen-bond donors (Lipinski definition) is 2. The van der Waals surface area contributed by atoms with Crippen LogP contribution in [0.5, 0.6) is 5.75 Å². The highest BCUT2D eigenvalue weighted by atomic mass is 32.2. The molecule has 8 heteroatoms. The molecule has 24 heavy (non-hydrogen) atoms. The summed E-state index contributed by atoms with van der Waals surface area (Å²) in [5, 5.41) is 2.61. The fourth-order valence-electron chi connectivity index (χ4n) is 1.90. The van der Waals surface area contributed by atoms with Crippen LogP contribution >= 0.6 is 0 Å². The third-order valence-electron chi connectivity index (χ3n) is 3.13. The van der Waals surface area contributed by atoms with Gasteiger partial charge in [-0.1, -0.05) is 18.2 Å². The van der Waals surface area contributed by atoms with E-state index in [1.807, 2.05) is 0 Å². The second-order valence-corrected chi connectivity index (χ2v) is 6.76. The van der Waals surface area contributed by atoms with Gasteiger partial charge in [-0.15, -0.1) is 0 Å². The molecule has 0 saturated carbocycles. The molecule has 0 aromatic heterocycles. The van der Waals surface area contributed by atoms with Crippen LogP contribution in [0.3, 0.4) is 0 Å². The highest BCUT2D eigenvalue weighted by Gasteiger charge is 2.11. The first-order chi connectivity index (χ1) is 11.4. The summed E-state index contributed by atoms with van der Waals surface area (Å²) >= 11 is 0. The van der Waals surface area contributed by atoms with E-state index < -0.39 is 21.7 Å². The minimum absolute atomic E-state index is 0.118. The lowest BCUT2D eigenvalue weighted by Gasteiger charge is -2.09. The Bertz CT molecular complexity index is 824. The lowest BCUT2D eigenvalue weighted by atomic mass is 10.2. The van der Waals surface area contributed by atoms with Crippen LogP contribution in [0.4, 0.5) is 4.39 Å². The van der Waals surface area contributed by atoms with Crippen molar-refractivity contribution in [3.05, 3.63) is 59.9 Å². The Morgan fingerprint density at radius 1 is 1.17 bits per heavy atom.